The third-order valence-corrected chi connectivity index (χ3v) is 3.43. The van der Waals surface area contributed by atoms with Crippen molar-refractivity contribution < 1.29 is 9.90 Å². The highest BCUT2D eigenvalue weighted by molar-refractivity contribution is 7.13. The normalized spacial score (nSPS) is 10.7. The first-order valence-corrected chi connectivity index (χ1v) is 6.70. The van der Waals surface area contributed by atoms with Crippen molar-refractivity contribution in [3.8, 4) is 0 Å². The molecule has 4 N–H and O–H groups in total. The first kappa shape index (κ1) is 13.4. The highest BCUT2D eigenvalue weighted by Gasteiger charge is 2.10. The minimum absolute atomic E-state index is 0.192. The molecule has 0 fully saturated rings. The van der Waals surface area contributed by atoms with Crippen LogP contribution in [-0.2, 0) is 0 Å². The van der Waals surface area contributed by atoms with E-state index in [1.165, 1.54) is 23.5 Å². The number of carbonyl (C=O) groups is 1. The van der Waals surface area contributed by atoms with Gasteiger partial charge in [-0.15, -0.1) is 11.3 Å². The second-order valence-corrected chi connectivity index (χ2v) is 5.32. The highest BCUT2D eigenvalue weighted by atomic mass is 32.1. The van der Waals surface area contributed by atoms with E-state index in [2.05, 4.69) is 24.1 Å². The molecule has 5 nitrogen and oxygen atoms in total. The number of rotatable bonds is 4. The lowest BCUT2D eigenvalue weighted by molar-refractivity contribution is 0.0697. The molecule has 0 amide bonds. The van der Waals surface area contributed by atoms with Gasteiger partial charge in [-0.25, -0.2) is 9.78 Å². The standard InChI is InChI=1S/C13H15N3O2S/c1-7(2)11-6-19-13(16-11)15-10-5-8(12(17)18)3-4-9(10)14/h3-7H,14H2,1-2H3,(H,15,16)(H,17,18). The Hall–Kier alpha value is -2.08. The number of aromatic carboxylic acids is 1. The lowest BCUT2D eigenvalue weighted by Crippen LogP contribution is -2.01. The van der Waals surface area contributed by atoms with Crippen molar-refractivity contribution >= 4 is 33.8 Å². The fourth-order valence-corrected chi connectivity index (χ4v) is 2.41. The van der Waals surface area contributed by atoms with E-state index < -0.39 is 5.97 Å². The smallest absolute Gasteiger partial charge is 0.335 e. The van der Waals surface area contributed by atoms with Gasteiger partial charge in [0.05, 0.1) is 22.6 Å². The summed E-state index contributed by atoms with van der Waals surface area (Å²) >= 11 is 1.47. The van der Waals surface area contributed by atoms with Gasteiger partial charge in [0, 0.05) is 5.38 Å². The van der Waals surface area contributed by atoms with Gasteiger partial charge in [0.1, 0.15) is 0 Å². The van der Waals surface area contributed by atoms with Crippen molar-refractivity contribution in [3.05, 3.63) is 34.8 Å². The first-order valence-electron chi connectivity index (χ1n) is 5.82. The van der Waals surface area contributed by atoms with Gasteiger partial charge in [0.2, 0.25) is 0 Å². The van der Waals surface area contributed by atoms with Crippen LogP contribution in [0.4, 0.5) is 16.5 Å². The summed E-state index contributed by atoms with van der Waals surface area (Å²) in [7, 11) is 0. The van der Waals surface area contributed by atoms with Gasteiger partial charge in [-0.1, -0.05) is 13.8 Å². The lowest BCUT2D eigenvalue weighted by atomic mass is 10.1. The van der Waals surface area contributed by atoms with Crippen LogP contribution < -0.4 is 11.1 Å². The van der Waals surface area contributed by atoms with Crippen LogP contribution in [0, 0.1) is 0 Å². The number of hydrogen-bond acceptors (Lipinski definition) is 5. The number of anilines is 3. The SMILES string of the molecule is CC(C)c1csc(Nc2cc(C(=O)O)ccc2N)n1. The highest BCUT2D eigenvalue weighted by Crippen LogP contribution is 2.28. The minimum Gasteiger partial charge on any atom is -0.478 e. The lowest BCUT2D eigenvalue weighted by Gasteiger charge is -2.07. The van der Waals surface area contributed by atoms with Crippen molar-refractivity contribution in [1.29, 1.82) is 0 Å². The van der Waals surface area contributed by atoms with Crippen LogP contribution in [0.15, 0.2) is 23.6 Å². The summed E-state index contributed by atoms with van der Waals surface area (Å²) < 4.78 is 0. The average Bonchev–Trinajstić information content (AvgIpc) is 2.80. The van der Waals surface area contributed by atoms with E-state index in [1.807, 2.05) is 5.38 Å². The van der Waals surface area contributed by atoms with Crippen LogP contribution in [-0.4, -0.2) is 16.1 Å². The van der Waals surface area contributed by atoms with E-state index in [4.69, 9.17) is 10.8 Å². The zero-order chi connectivity index (χ0) is 14.0. The molecule has 19 heavy (non-hydrogen) atoms. The molecule has 1 aromatic carbocycles. The van der Waals surface area contributed by atoms with E-state index in [0.29, 0.717) is 22.4 Å². The summed E-state index contributed by atoms with van der Waals surface area (Å²) in [6.45, 7) is 4.14. The Bertz CT molecular complexity index is 608. The van der Waals surface area contributed by atoms with E-state index in [1.54, 1.807) is 6.07 Å². The van der Waals surface area contributed by atoms with Gasteiger partial charge in [-0.3, -0.25) is 0 Å². The summed E-state index contributed by atoms with van der Waals surface area (Å²) in [6, 6.07) is 4.56. The van der Waals surface area contributed by atoms with Crippen LogP contribution in [0.1, 0.15) is 35.8 Å². The number of nitrogens with two attached hydrogens (primary N) is 1. The van der Waals surface area contributed by atoms with Gasteiger partial charge in [-0.05, 0) is 24.1 Å². The van der Waals surface area contributed by atoms with Crippen molar-refractivity contribution in [2.24, 2.45) is 0 Å². The zero-order valence-electron chi connectivity index (χ0n) is 10.7. The van der Waals surface area contributed by atoms with Crippen molar-refractivity contribution in [1.82, 2.24) is 4.98 Å². The molecular formula is C13H15N3O2S. The van der Waals surface area contributed by atoms with Crippen LogP contribution in [0.25, 0.3) is 0 Å². The molecule has 0 bridgehead atoms. The van der Waals surface area contributed by atoms with Crippen LogP contribution >= 0.6 is 11.3 Å². The van der Waals surface area contributed by atoms with Crippen LogP contribution in [0.5, 0.6) is 0 Å². The number of aromatic nitrogens is 1. The van der Waals surface area contributed by atoms with Crippen molar-refractivity contribution in [2.75, 3.05) is 11.1 Å². The maximum absolute atomic E-state index is 10.9. The molecule has 0 aliphatic carbocycles. The monoisotopic (exact) mass is 277 g/mol. The maximum atomic E-state index is 10.9. The molecule has 0 aliphatic heterocycles. The second-order valence-electron chi connectivity index (χ2n) is 4.46. The number of carboxylic acids is 1. The Labute approximate surface area is 115 Å². The first-order chi connectivity index (χ1) is 8.97. The summed E-state index contributed by atoms with van der Waals surface area (Å²) in [5.74, 6) is -0.625. The molecular weight excluding hydrogens is 262 g/mol. The Kier molecular flexibility index (Phi) is 3.71. The summed E-state index contributed by atoms with van der Waals surface area (Å²) in [6.07, 6.45) is 0. The fraction of sp³-hybridized carbons (Fsp3) is 0.231. The summed E-state index contributed by atoms with van der Waals surface area (Å²) in [4.78, 5) is 15.4. The zero-order valence-corrected chi connectivity index (χ0v) is 11.5. The predicted octanol–water partition coefficient (Wildman–Crippen LogP) is 3.29. The Morgan fingerprint density at radius 1 is 1.47 bits per heavy atom. The van der Waals surface area contributed by atoms with E-state index in [0.717, 1.165) is 5.69 Å². The van der Waals surface area contributed by atoms with Crippen LogP contribution in [0.2, 0.25) is 0 Å². The Morgan fingerprint density at radius 2 is 2.21 bits per heavy atom. The largest absolute Gasteiger partial charge is 0.478 e. The van der Waals surface area contributed by atoms with E-state index in [-0.39, 0.29) is 5.56 Å². The third kappa shape index (κ3) is 3.03. The molecule has 0 atom stereocenters. The van der Waals surface area contributed by atoms with E-state index in [9.17, 15) is 4.79 Å². The van der Waals surface area contributed by atoms with E-state index >= 15 is 0 Å². The molecule has 1 heterocycles. The third-order valence-electron chi connectivity index (χ3n) is 2.66. The topological polar surface area (TPSA) is 88.2 Å². The summed E-state index contributed by atoms with van der Waals surface area (Å²) in [5, 5.41) is 14.7. The van der Waals surface area contributed by atoms with Gasteiger partial charge in [-0.2, -0.15) is 0 Å². The quantitative estimate of drug-likeness (QED) is 0.746. The fourth-order valence-electron chi connectivity index (χ4n) is 1.52. The van der Waals surface area contributed by atoms with Crippen molar-refractivity contribution in [2.45, 2.75) is 19.8 Å². The number of benzene rings is 1. The number of nitrogens with zero attached hydrogens (tertiary/aromatic N) is 1. The molecule has 0 saturated carbocycles. The van der Waals surface area contributed by atoms with Gasteiger partial charge in [0.25, 0.3) is 0 Å². The van der Waals surface area contributed by atoms with Crippen LogP contribution in [0.3, 0.4) is 0 Å². The van der Waals surface area contributed by atoms with Gasteiger partial charge < -0.3 is 16.2 Å². The molecule has 100 valence electrons. The minimum atomic E-state index is -0.981. The van der Waals surface area contributed by atoms with Gasteiger partial charge >= 0.3 is 5.97 Å². The Balaban J connectivity index is 2.26. The molecule has 0 radical (unpaired) electrons. The second kappa shape index (κ2) is 5.27. The molecule has 1 aromatic heterocycles. The predicted molar refractivity (Wildman–Crippen MR) is 77.3 cm³/mol. The number of thiazole rings is 1. The molecule has 0 aliphatic rings. The maximum Gasteiger partial charge on any atom is 0.335 e. The number of nitrogens with one attached hydrogen (secondary N) is 1. The number of nitrogen functional groups attached to an aromatic ring is 1. The summed E-state index contributed by atoms with van der Waals surface area (Å²) in [5.41, 5.74) is 8.07. The van der Waals surface area contributed by atoms with Crippen molar-refractivity contribution in [3.63, 3.8) is 0 Å². The molecule has 2 aromatic rings. The molecule has 6 heteroatoms. The Morgan fingerprint density at radius 3 is 2.79 bits per heavy atom. The average molecular weight is 277 g/mol. The molecule has 0 spiro atoms. The number of hydrogen-bond donors (Lipinski definition) is 3. The molecule has 0 unspecified atom stereocenters. The van der Waals surface area contributed by atoms with Gasteiger partial charge in [0.15, 0.2) is 5.13 Å². The molecule has 2 rings (SSSR count). The number of carboxylic acid groups (broad SMARTS) is 1. The molecule has 0 saturated heterocycles.